The molecular weight excluding hydrogens is 576 g/mol. The number of benzene rings is 3. The van der Waals surface area contributed by atoms with Crippen molar-refractivity contribution in [3.05, 3.63) is 106 Å². The molecule has 0 amide bonds. The number of aryl methyl sites for hydroxylation is 1. The van der Waals surface area contributed by atoms with Gasteiger partial charge in [0.15, 0.2) is 6.54 Å². The highest BCUT2D eigenvalue weighted by atomic mass is 35.5. The van der Waals surface area contributed by atoms with Crippen molar-refractivity contribution >= 4 is 39.7 Å². The average molecular weight is 608 g/mol. The van der Waals surface area contributed by atoms with Gasteiger partial charge in [-0.05, 0) is 49.4 Å². The van der Waals surface area contributed by atoms with E-state index in [1.165, 1.54) is 0 Å². The van der Waals surface area contributed by atoms with E-state index in [2.05, 4.69) is 23.2 Å². The van der Waals surface area contributed by atoms with Crippen molar-refractivity contribution in [3.63, 3.8) is 0 Å². The van der Waals surface area contributed by atoms with Gasteiger partial charge in [0.2, 0.25) is 5.69 Å². The fourth-order valence-corrected chi connectivity index (χ4v) is 6.87. The molecule has 1 N–H and O–H groups in total. The zero-order valence-corrected chi connectivity index (χ0v) is 25.3. The van der Waals surface area contributed by atoms with Gasteiger partial charge >= 0.3 is 5.97 Å². The van der Waals surface area contributed by atoms with E-state index >= 15 is 0 Å². The third kappa shape index (κ3) is 4.84. The second-order valence-corrected chi connectivity index (χ2v) is 11.7. The highest BCUT2D eigenvalue weighted by molar-refractivity contribution is 6.38. The number of rotatable bonds is 6. The van der Waals surface area contributed by atoms with Gasteiger partial charge in [0.25, 0.3) is 5.71 Å². The number of hydrogen-bond donors (Lipinski definition) is 1. The zero-order valence-electron chi connectivity index (χ0n) is 24.6. The minimum atomic E-state index is -0.956. The Kier molecular flexibility index (Phi) is 7.40. The molecule has 8 nitrogen and oxygen atoms in total. The van der Waals surface area contributed by atoms with Crippen LogP contribution >= 0.6 is 11.6 Å². The predicted molar refractivity (Wildman–Crippen MR) is 169 cm³/mol. The lowest BCUT2D eigenvalue weighted by atomic mass is 9.89. The molecule has 2 aliphatic rings. The molecule has 0 spiro atoms. The van der Waals surface area contributed by atoms with Gasteiger partial charge in [-0.3, -0.25) is 9.67 Å². The summed E-state index contributed by atoms with van der Waals surface area (Å²) in [6.07, 6.45) is 3.00. The van der Waals surface area contributed by atoms with Gasteiger partial charge in [-0.1, -0.05) is 54.1 Å². The minimum Gasteiger partial charge on any atom is -0.493 e. The van der Waals surface area contributed by atoms with Gasteiger partial charge in [-0.15, -0.1) is 0 Å². The first-order valence-corrected chi connectivity index (χ1v) is 15.1. The molecule has 2 aliphatic heterocycles. The van der Waals surface area contributed by atoms with Crippen molar-refractivity contribution in [1.82, 2.24) is 14.8 Å². The quantitative estimate of drug-likeness (QED) is 0.166. The van der Waals surface area contributed by atoms with Crippen LogP contribution in [0.1, 0.15) is 47.0 Å². The Morgan fingerprint density at radius 1 is 1.07 bits per heavy atom. The van der Waals surface area contributed by atoms with E-state index in [-0.39, 0.29) is 19.1 Å². The number of carbonyl (C=O) groups is 1. The molecular formula is C35H32ClN4O4+. The molecule has 0 saturated heterocycles. The third-order valence-electron chi connectivity index (χ3n) is 8.73. The SMILES string of the molecule is Cc1c2c(nn1C)COCc1ncccc1C[N+]1=C(C(=O)O)C(CCCOc3cccc4ccccc34)c3ccc(Cl)c-2c31. The number of carboxylic acids is 1. The molecule has 222 valence electrons. The van der Waals surface area contributed by atoms with Crippen molar-refractivity contribution in [2.45, 2.75) is 45.4 Å². The molecule has 0 fully saturated rings. The molecule has 9 heteroatoms. The first kappa shape index (κ1) is 28.3. The maximum atomic E-state index is 13.1. The van der Waals surface area contributed by atoms with E-state index in [9.17, 15) is 9.90 Å². The fourth-order valence-electron chi connectivity index (χ4n) is 6.62. The Labute approximate surface area is 260 Å². The number of halogens is 1. The number of carboxylic acid groups (broad SMARTS) is 1. The molecule has 2 aromatic heterocycles. The fraction of sp³-hybridized carbons (Fsp3) is 0.257. The number of fused-ring (bicyclic) bond motifs is 4. The molecule has 0 saturated carbocycles. The molecule has 44 heavy (non-hydrogen) atoms. The summed E-state index contributed by atoms with van der Waals surface area (Å²) >= 11 is 7.00. The smallest absolute Gasteiger partial charge is 0.397 e. The Balaban J connectivity index is 1.32. The summed E-state index contributed by atoms with van der Waals surface area (Å²) in [4.78, 5) is 17.7. The van der Waals surface area contributed by atoms with Crippen LogP contribution < -0.4 is 4.74 Å². The van der Waals surface area contributed by atoms with E-state index in [1.54, 1.807) is 6.20 Å². The monoisotopic (exact) mass is 607 g/mol. The van der Waals surface area contributed by atoms with Gasteiger partial charge in [0.05, 0.1) is 47.7 Å². The second-order valence-electron chi connectivity index (χ2n) is 11.3. The van der Waals surface area contributed by atoms with Crippen molar-refractivity contribution in [1.29, 1.82) is 0 Å². The number of nitrogens with zero attached hydrogens (tertiary/aromatic N) is 4. The molecule has 0 aliphatic carbocycles. The Hall–Kier alpha value is -4.53. The summed E-state index contributed by atoms with van der Waals surface area (Å²) in [5.41, 5.74) is 7.09. The summed E-state index contributed by atoms with van der Waals surface area (Å²) in [5.74, 6) is -0.481. The number of aliphatic carboxylic acids is 1. The molecule has 1 atom stereocenters. The lowest BCUT2D eigenvalue weighted by molar-refractivity contribution is -0.454. The van der Waals surface area contributed by atoms with Crippen LogP contribution in [0, 0.1) is 6.92 Å². The first-order valence-electron chi connectivity index (χ1n) is 14.8. The van der Waals surface area contributed by atoms with E-state index in [1.807, 2.05) is 71.8 Å². The number of aromatic nitrogens is 3. The van der Waals surface area contributed by atoms with Crippen LogP contribution in [0.2, 0.25) is 5.02 Å². The largest absolute Gasteiger partial charge is 0.493 e. The maximum absolute atomic E-state index is 13.1. The van der Waals surface area contributed by atoms with E-state index in [0.717, 1.165) is 61.5 Å². The lowest BCUT2D eigenvalue weighted by Crippen LogP contribution is -2.26. The Bertz CT molecular complexity index is 1960. The minimum absolute atomic E-state index is 0.275. The summed E-state index contributed by atoms with van der Waals surface area (Å²) in [5, 5.41) is 18.2. The van der Waals surface area contributed by atoms with Gasteiger partial charge in [-0.2, -0.15) is 9.67 Å². The summed E-state index contributed by atoms with van der Waals surface area (Å²) in [6, 6.07) is 21.9. The Morgan fingerprint density at radius 3 is 2.75 bits per heavy atom. The molecule has 4 heterocycles. The molecule has 7 rings (SSSR count). The van der Waals surface area contributed by atoms with Gasteiger partial charge in [0.1, 0.15) is 5.75 Å². The highest BCUT2D eigenvalue weighted by Gasteiger charge is 2.46. The third-order valence-corrected chi connectivity index (χ3v) is 9.05. The van der Waals surface area contributed by atoms with Crippen LogP contribution in [0.5, 0.6) is 5.75 Å². The maximum Gasteiger partial charge on any atom is 0.397 e. The zero-order chi connectivity index (χ0) is 30.4. The summed E-state index contributed by atoms with van der Waals surface area (Å²) in [6.45, 7) is 3.35. The first-order chi connectivity index (χ1) is 21.4. The molecule has 3 aromatic carbocycles. The van der Waals surface area contributed by atoms with Gasteiger partial charge < -0.3 is 14.6 Å². The van der Waals surface area contributed by atoms with E-state index in [4.69, 9.17) is 26.2 Å². The number of ether oxygens (including phenoxy) is 2. The van der Waals surface area contributed by atoms with Crippen LogP contribution in [0.15, 0.2) is 72.9 Å². The highest BCUT2D eigenvalue weighted by Crippen LogP contribution is 2.49. The van der Waals surface area contributed by atoms with E-state index in [0.29, 0.717) is 36.7 Å². The summed E-state index contributed by atoms with van der Waals surface area (Å²) in [7, 11) is 1.90. The van der Waals surface area contributed by atoms with Crippen LogP contribution in [0.4, 0.5) is 5.69 Å². The van der Waals surface area contributed by atoms with Crippen LogP contribution in [-0.2, 0) is 36.3 Å². The standard InChI is InChI=1S/C35H31ClN4O4/c1-21-31-29(38-39(21)2)20-43-19-28-23(10-6-16-37-28)18-40-33-26(14-15-27(36)32(31)33)25(34(40)35(41)42)12-7-17-44-30-13-5-9-22-8-3-4-11-24(22)30/h3-6,8-11,13-16,25H,7,12,17-20H2,1-2H3/p+1. The average Bonchev–Trinajstić information content (AvgIpc) is 3.47. The Morgan fingerprint density at radius 2 is 1.89 bits per heavy atom. The van der Waals surface area contributed by atoms with Crippen molar-refractivity contribution in [3.8, 4) is 16.9 Å². The number of hydrogen-bond acceptors (Lipinski definition) is 5. The lowest BCUT2D eigenvalue weighted by Gasteiger charge is -2.13. The molecule has 1 unspecified atom stereocenters. The predicted octanol–water partition coefficient (Wildman–Crippen LogP) is 6.95. The normalized spacial score (nSPS) is 15.8. The van der Waals surface area contributed by atoms with Crippen molar-refractivity contribution in [2.75, 3.05) is 6.61 Å². The van der Waals surface area contributed by atoms with Crippen molar-refractivity contribution < 1.29 is 24.0 Å². The van der Waals surface area contributed by atoms with E-state index < -0.39 is 5.97 Å². The van der Waals surface area contributed by atoms with Crippen molar-refractivity contribution in [2.24, 2.45) is 7.05 Å². The van der Waals surface area contributed by atoms with Crippen LogP contribution in [0.3, 0.4) is 0 Å². The van der Waals surface area contributed by atoms with Gasteiger partial charge in [-0.25, -0.2) is 4.79 Å². The summed E-state index contributed by atoms with van der Waals surface area (Å²) < 4.78 is 16.1. The topological polar surface area (TPSA) is 89.5 Å². The number of pyridine rings is 1. The van der Waals surface area contributed by atoms with Gasteiger partial charge in [0, 0.05) is 41.0 Å². The molecule has 0 bridgehead atoms. The second kappa shape index (κ2) is 11.5. The van der Waals surface area contributed by atoms with Crippen LogP contribution in [0.25, 0.3) is 21.9 Å². The molecule has 0 radical (unpaired) electrons. The molecule has 5 aromatic rings. The van der Waals surface area contributed by atoms with Crippen LogP contribution in [-0.4, -0.2) is 42.7 Å².